The van der Waals surface area contributed by atoms with E-state index in [2.05, 4.69) is 12.2 Å². The van der Waals surface area contributed by atoms with Crippen LogP contribution in [0, 0.1) is 5.82 Å². The third-order valence-electron chi connectivity index (χ3n) is 4.70. The SMILES string of the molecule is CC[C@H]1Cn2c(C(=O)NCc3ccc(F)cc3)cc3c(Cl)ccc(c32)O1. The summed E-state index contributed by atoms with van der Waals surface area (Å²) in [5.74, 6) is 0.263. The quantitative estimate of drug-likeness (QED) is 0.731. The summed E-state index contributed by atoms with van der Waals surface area (Å²) in [5.41, 5.74) is 2.25. The Morgan fingerprint density at radius 3 is 2.81 bits per heavy atom. The molecule has 26 heavy (non-hydrogen) atoms. The topological polar surface area (TPSA) is 43.3 Å². The Bertz CT molecular complexity index is 982. The summed E-state index contributed by atoms with van der Waals surface area (Å²) in [6, 6.07) is 11.5. The van der Waals surface area contributed by atoms with E-state index in [1.54, 1.807) is 18.2 Å². The summed E-state index contributed by atoms with van der Waals surface area (Å²) in [6.45, 7) is 2.99. The number of nitrogens with one attached hydrogen (secondary N) is 1. The molecule has 0 unspecified atom stereocenters. The molecule has 1 atom stereocenters. The summed E-state index contributed by atoms with van der Waals surface area (Å²) in [4.78, 5) is 12.8. The van der Waals surface area contributed by atoms with Gasteiger partial charge in [-0.2, -0.15) is 0 Å². The smallest absolute Gasteiger partial charge is 0.268 e. The Morgan fingerprint density at radius 2 is 2.08 bits per heavy atom. The molecule has 6 heteroatoms. The van der Waals surface area contributed by atoms with Crippen molar-refractivity contribution in [2.75, 3.05) is 0 Å². The van der Waals surface area contributed by atoms with Crippen LogP contribution in [0.1, 0.15) is 29.4 Å². The van der Waals surface area contributed by atoms with Crippen molar-refractivity contribution >= 4 is 28.4 Å². The predicted octanol–water partition coefficient (Wildman–Crippen LogP) is 4.53. The molecule has 1 aromatic heterocycles. The second kappa shape index (κ2) is 6.65. The van der Waals surface area contributed by atoms with E-state index in [9.17, 15) is 9.18 Å². The molecule has 0 radical (unpaired) electrons. The van der Waals surface area contributed by atoms with E-state index >= 15 is 0 Å². The molecule has 1 N–H and O–H groups in total. The lowest BCUT2D eigenvalue weighted by Gasteiger charge is -2.26. The number of hydrogen-bond donors (Lipinski definition) is 1. The van der Waals surface area contributed by atoms with E-state index in [4.69, 9.17) is 16.3 Å². The van der Waals surface area contributed by atoms with E-state index in [1.807, 2.05) is 16.7 Å². The number of aromatic nitrogens is 1. The van der Waals surface area contributed by atoms with Gasteiger partial charge in [0.2, 0.25) is 0 Å². The van der Waals surface area contributed by atoms with Crippen molar-refractivity contribution in [3.8, 4) is 5.75 Å². The summed E-state index contributed by atoms with van der Waals surface area (Å²) in [7, 11) is 0. The van der Waals surface area contributed by atoms with Crippen LogP contribution in [0.25, 0.3) is 10.9 Å². The van der Waals surface area contributed by atoms with E-state index in [-0.39, 0.29) is 17.8 Å². The normalized spacial score (nSPS) is 15.7. The Hall–Kier alpha value is -2.53. The number of hydrogen-bond acceptors (Lipinski definition) is 2. The van der Waals surface area contributed by atoms with Gasteiger partial charge in [-0.1, -0.05) is 30.7 Å². The van der Waals surface area contributed by atoms with Gasteiger partial charge in [-0.3, -0.25) is 4.79 Å². The van der Waals surface area contributed by atoms with Crippen LogP contribution >= 0.6 is 11.6 Å². The van der Waals surface area contributed by atoms with Crippen LogP contribution in [0.5, 0.6) is 5.75 Å². The summed E-state index contributed by atoms with van der Waals surface area (Å²) in [5, 5.41) is 4.30. The highest BCUT2D eigenvalue weighted by Gasteiger charge is 2.26. The van der Waals surface area contributed by atoms with Gasteiger partial charge in [-0.25, -0.2) is 4.39 Å². The first-order valence-corrected chi connectivity index (χ1v) is 8.95. The minimum absolute atomic E-state index is 0.0166. The molecule has 0 bridgehead atoms. The first-order chi connectivity index (χ1) is 12.6. The number of benzene rings is 2. The Morgan fingerprint density at radius 1 is 1.31 bits per heavy atom. The zero-order chi connectivity index (χ0) is 18.3. The number of ether oxygens (including phenoxy) is 1. The zero-order valence-electron chi connectivity index (χ0n) is 14.3. The van der Waals surface area contributed by atoms with Gasteiger partial charge in [0.05, 0.1) is 17.1 Å². The van der Waals surface area contributed by atoms with Gasteiger partial charge in [0, 0.05) is 11.9 Å². The first-order valence-electron chi connectivity index (χ1n) is 8.58. The Balaban J connectivity index is 1.66. The third-order valence-corrected chi connectivity index (χ3v) is 5.03. The fourth-order valence-electron chi connectivity index (χ4n) is 3.30. The molecule has 4 rings (SSSR count). The molecule has 0 saturated heterocycles. The maximum atomic E-state index is 13.0. The lowest BCUT2D eigenvalue weighted by molar-refractivity contribution is 0.0935. The molecule has 0 spiro atoms. The Labute approximate surface area is 155 Å². The summed E-state index contributed by atoms with van der Waals surface area (Å²) >= 11 is 6.32. The molecule has 2 aromatic carbocycles. The molecule has 0 saturated carbocycles. The number of amides is 1. The van der Waals surface area contributed by atoms with Crippen LogP contribution in [-0.2, 0) is 13.1 Å². The minimum atomic E-state index is -0.296. The molecule has 3 aromatic rings. The van der Waals surface area contributed by atoms with Crippen molar-refractivity contribution in [1.29, 1.82) is 0 Å². The highest BCUT2D eigenvalue weighted by Crippen LogP contribution is 2.38. The monoisotopic (exact) mass is 372 g/mol. The van der Waals surface area contributed by atoms with Crippen molar-refractivity contribution < 1.29 is 13.9 Å². The molecular weight excluding hydrogens is 355 g/mol. The number of carbonyl (C=O) groups is 1. The van der Waals surface area contributed by atoms with Crippen molar-refractivity contribution in [3.05, 3.63) is 64.6 Å². The molecule has 1 amide bonds. The van der Waals surface area contributed by atoms with Crippen molar-refractivity contribution in [1.82, 2.24) is 9.88 Å². The minimum Gasteiger partial charge on any atom is -0.486 e. The van der Waals surface area contributed by atoms with Crippen molar-refractivity contribution in [2.24, 2.45) is 0 Å². The maximum absolute atomic E-state index is 13.0. The summed E-state index contributed by atoms with van der Waals surface area (Å²) in [6.07, 6.45) is 0.862. The van der Waals surface area contributed by atoms with Crippen LogP contribution in [0.4, 0.5) is 4.39 Å². The molecule has 2 heterocycles. The van der Waals surface area contributed by atoms with Crippen molar-refractivity contribution in [2.45, 2.75) is 32.5 Å². The van der Waals surface area contributed by atoms with E-state index in [0.29, 0.717) is 23.8 Å². The maximum Gasteiger partial charge on any atom is 0.268 e. The molecular formula is C20H18ClFN2O2. The average molecular weight is 373 g/mol. The van der Waals surface area contributed by atoms with Crippen LogP contribution in [0.3, 0.4) is 0 Å². The lowest BCUT2D eigenvalue weighted by atomic mass is 10.2. The van der Waals surface area contributed by atoms with Crippen LogP contribution in [-0.4, -0.2) is 16.6 Å². The number of carbonyl (C=O) groups excluding carboxylic acids is 1. The van der Waals surface area contributed by atoms with E-state index in [0.717, 1.165) is 28.6 Å². The predicted molar refractivity (Wildman–Crippen MR) is 99.2 cm³/mol. The standard InChI is InChI=1S/C20H18ClFN2O2/c1-2-14-11-24-17(9-15-16(21)7-8-18(26-14)19(15)24)20(25)23-10-12-3-5-13(22)6-4-12/h3-9,14H,2,10-11H2,1H3,(H,23,25)/t14-/m0/s1. The molecule has 0 aliphatic carbocycles. The Kier molecular flexibility index (Phi) is 4.32. The van der Waals surface area contributed by atoms with Gasteiger partial charge in [-0.15, -0.1) is 0 Å². The van der Waals surface area contributed by atoms with Gasteiger partial charge in [-0.05, 0) is 42.3 Å². The van der Waals surface area contributed by atoms with Crippen LogP contribution in [0.2, 0.25) is 5.02 Å². The zero-order valence-corrected chi connectivity index (χ0v) is 15.0. The van der Waals surface area contributed by atoms with Gasteiger partial charge in [0.1, 0.15) is 23.4 Å². The van der Waals surface area contributed by atoms with Crippen molar-refractivity contribution in [3.63, 3.8) is 0 Å². The largest absolute Gasteiger partial charge is 0.486 e. The highest BCUT2D eigenvalue weighted by molar-refractivity contribution is 6.36. The number of nitrogens with zero attached hydrogens (tertiary/aromatic N) is 1. The molecule has 0 fully saturated rings. The molecule has 1 aliphatic heterocycles. The lowest BCUT2D eigenvalue weighted by Crippen LogP contribution is -2.31. The van der Waals surface area contributed by atoms with Crippen LogP contribution < -0.4 is 10.1 Å². The highest BCUT2D eigenvalue weighted by atomic mass is 35.5. The average Bonchev–Trinajstić information content (AvgIpc) is 3.05. The first kappa shape index (κ1) is 16.9. The third kappa shape index (κ3) is 2.92. The van der Waals surface area contributed by atoms with Gasteiger partial charge in [0.25, 0.3) is 5.91 Å². The second-order valence-electron chi connectivity index (χ2n) is 6.41. The van der Waals surface area contributed by atoms with Gasteiger partial charge >= 0.3 is 0 Å². The summed E-state index contributed by atoms with van der Waals surface area (Å²) < 4.78 is 21.0. The number of rotatable bonds is 4. The number of halogens is 2. The molecule has 134 valence electrons. The molecule has 4 nitrogen and oxygen atoms in total. The van der Waals surface area contributed by atoms with Gasteiger partial charge < -0.3 is 14.6 Å². The fourth-order valence-corrected chi connectivity index (χ4v) is 3.50. The molecule has 1 aliphatic rings. The van der Waals surface area contributed by atoms with E-state index in [1.165, 1.54) is 12.1 Å². The fraction of sp³-hybridized carbons (Fsp3) is 0.250. The van der Waals surface area contributed by atoms with E-state index < -0.39 is 0 Å². The van der Waals surface area contributed by atoms with Crippen LogP contribution in [0.15, 0.2) is 42.5 Å². The van der Waals surface area contributed by atoms with Gasteiger partial charge in [0.15, 0.2) is 0 Å². The second-order valence-corrected chi connectivity index (χ2v) is 6.81.